The summed E-state index contributed by atoms with van der Waals surface area (Å²) in [6.07, 6.45) is 0. The second kappa shape index (κ2) is 4.98. The second-order valence-corrected chi connectivity index (χ2v) is 7.57. The molecule has 0 saturated heterocycles. The van der Waals surface area contributed by atoms with Crippen molar-refractivity contribution in [3.63, 3.8) is 0 Å². The molecule has 0 aliphatic carbocycles. The van der Waals surface area contributed by atoms with Gasteiger partial charge in [-0.3, -0.25) is 4.79 Å². The molecule has 6 heteroatoms. The van der Waals surface area contributed by atoms with Gasteiger partial charge in [-0.1, -0.05) is 30.0 Å². The molecule has 0 saturated carbocycles. The fourth-order valence-corrected chi connectivity index (χ4v) is 4.22. The van der Waals surface area contributed by atoms with E-state index in [1.807, 2.05) is 24.3 Å². The molecule has 1 atom stereocenters. The van der Waals surface area contributed by atoms with Crippen LogP contribution in [0.25, 0.3) is 0 Å². The molecule has 0 aromatic heterocycles. The van der Waals surface area contributed by atoms with Crippen molar-refractivity contribution in [3.8, 4) is 0 Å². The van der Waals surface area contributed by atoms with Crippen molar-refractivity contribution in [2.75, 3.05) is 0 Å². The molecule has 1 aliphatic heterocycles. The third-order valence-corrected chi connectivity index (χ3v) is 5.57. The Morgan fingerprint density at radius 3 is 2.43 bits per heavy atom. The van der Waals surface area contributed by atoms with Crippen molar-refractivity contribution in [1.82, 2.24) is 0 Å². The van der Waals surface area contributed by atoms with E-state index in [2.05, 4.69) is 0 Å². The maximum absolute atomic E-state index is 12.1. The predicted octanol–water partition coefficient (Wildman–Crippen LogP) is 2.52. The number of primary sulfonamides is 1. The minimum atomic E-state index is -3.78. The van der Waals surface area contributed by atoms with Crippen LogP contribution in [0.1, 0.15) is 24.0 Å². The lowest BCUT2D eigenvalue weighted by atomic mass is 9.88. The van der Waals surface area contributed by atoms with Gasteiger partial charge in [0, 0.05) is 9.79 Å². The summed E-state index contributed by atoms with van der Waals surface area (Å²) >= 11 is 1.54. The smallest absolute Gasteiger partial charge is 0.238 e. The Morgan fingerprint density at radius 1 is 1.10 bits per heavy atom. The summed E-state index contributed by atoms with van der Waals surface area (Å²) in [4.78, 5) is 14.0. The predicted molar refractivity (Wildman–Crippen MR) is 80.9 cm³/mol. The van der Waals surface area contributed by atoms with Gasteiger partial charge >= 0.3 is 0 Å². The molecule has 0 bridgehead atoms. The average Bonchev–Trinajstić information content (AvgIpc) is 2.42. The highest BCUT2D eigenvalue weighted by molar-refractivity contribution is 7.99. The molecule has 4 nitrogen and oxygen atoms in total. The van der Waals surface area contributed by atoms with Crippen LogP contribution in [0, 0.1) is 0 Å². The molecule has 2 aromatic rings. The van der Waals surface area contributed by atoms with Gasteiger partial charge in [0.15, 0.2) is 0 Å². The zero-order valence-corrected chi connectivity index (χ0v) is 12.9. The van der Waals surface area contributed by atoms with Crippen LogP contribution in [0.3, 0.4) is 0 Å². The summed E-state index contributed by atoms with van der Waals surface area (Å²) in [5, 5.41) is 5.19. The molecule has 0 radical (unpaired) electrons. The lowest BCUT2D eigenvalue weighted by Crippen LogP contribution is -2.18. The Kier molecular flexibility index (Phi) is 3.39. The number of rotatable bonds is 2. The van der Waals surface area contributed by atoms with Gasteiger partial charge in [0.05, 0.1) is 10.8 Å². The monoisotopic (exact) mass is 319 g/mol. The summed E-state index contributed by atoms with van der Waals surface area (Å²) in [6, 6.07) is 12.4. The molecule has 0 spiro atoms. The number of hydrogen-bond donors (Lipinski definition) is 1. The molecule has 1 heterocycles. The van der Waals surface area contributed by atoms with E-state index in [1.54, 1.807) is 6.07 Å². The van der Waals surface area contributed by atoms with Crippen molar-refractivity contribution >= 4 is 27.6 Å². The van der Waals surface area contributed by atoms with E-state index in [4.69, 9.17) is 5.14 Å². The van der Waals surface area contributed by atoms with E-state index < -0.39 is 15.9 Å². The number of benzene rings is 2. The molecule has 2 aromatic carbocycles. The molecular formula is C15H13NO3S2. The van der Waals surface area contributed by atoms with Gasteiger partial charge in [-0.15, -0.1) is 0 Å². The first kappa shape index (κ1) is 14.3. The number of nitrogens with two attached hydrogens (primary N) is 1. The summed E-state index contributed by atoms with van der Waals surface area (Å²) in [5.74, 6) is -0.463. The van der Waals surface area contributed by atoms with Crippen LogP contribution in [0.15, 0.2) is 57.2 Å². The SMILES string of the molecule is CC(=O)C1c2ccccc2Sc2ccc(S(N)(=O)=O)cc21. The van der Waals surface area contributed by atoms with Crippen LogP contribution in [-0.4, -0.2) is 14.2 Å². The molecule has 3 rings (SSSR count). The number of carbonyl (C=O) groups excluding carboxylic acids is 1. The summed E-state index contributed by atoms with van der Waals surface area (Å²) in [6.45, 7) is 1.52. The Balaban J connectivity index is 2.24. The summed E-state index contributed by atoms with van der Waals surface area (Å²) < 4.78 is 23.1. The number of hydrogen-bond acceptors (Lipinski definition) is 4. The Hall–Kier alpha value is -1.63. The van der Waals surface area contributed by atoms with Crippen molar-refractivity contribution in [3.05, 3.63) is 53.6 Å². The number of carbonyl (C=O) groups is 1. The van der Waals surface area contributed by atoms with Gasteiger partial charge in [0.2, 0.25) is 10.0 Å². The zero-order valence-electron chi connectivity index (χ0n) is 11.2. The van der Waals surface area contributed by atoms with Crippen molar-refractivity contribution in [1.29, 1.82) is 0 Å². The highest BCUT2D eigenvalue weighted by atomic mass is 32.2. The minimum Gasteiger partial charge on any atom is -0.299 e. The van der Waals surface area contributed by atoms with E-state index in [1.165, 1.54) is 30.8 Å². The number of ketones is 1. The molecular weight excluding hydrogens is 306 g/mol. The number of Topliss-reactive ketones (excluding diaryl/α,β-unsaturated/α-hetero) is 1. The number of fused-ring (bicyclic) bond motifs is 2. The van der Waals surface area contributed by atoms with Crippen LogP contribution in [0.5, 0.6) is 0 Å². The summed E-state index contributed by atoms with van der Waals surface area (Å²) in [7, 11) is -3.78. The largest absolute Gasteiger partial charge is 0.299 e. The van der Waals surface area contributed by atoms with Gasteiger partial charge in [-0.05, 0) is 42.3 Å². The molecule has 108 valence electrons. The first-order valence-corrected chi connectivity index (χ1v) is 8.68. The Labute approximate surface area is 127 Å². The normalized spacial score (nSPS) is 17.0. The fraction of sp³-hybridized carbons (Fsp3) is 0.133. The van der Waals surface area contributed by atoms with Gasteiger partial charge in [-0.25, -0.2) is 13.6 Å². The molecule has 0 amide bonds. The van der Waals surface area contributed by atoms with Gasteiger partial charge < -0.3 is 0 Å². The Morgan fingerprint density at radius 2 is 1.76 bits per heavy atom. The molecule has 0 fully saturated rings. The zero-order chi connectivity index (χ0) is 15.2. The van der Waals surface area contributed by atoms with E-state index >= 15 is 0 Å². The molecule has 1 unspecified atom stereocenters. The van der Waals surface area contributed by atoms with Crippen molar-refractivity contribution in [2.24, 2.45) is 5.14 Å². The molecule has 1 aliphatic rings. The maximum Gasteiger partial charge on any atom is 0.238 e. The van der Waals surface area contributed by atoms with E-state index in [-0.39, 0.29) is 10.7 Å². The quantitative estimate of drug-likeness (QED) is 0.922. The van der Waals surface area contributed by atoms with Crippen LogP contribution in [-0.2, 0) is 14.8 Å². The van der Waals surface area contributed by atoms with Gasteiger partial charge in [0.25, 0.3) is 0 Å². The van der Waals surface area contributed by atoms with Crippen molar-refractivity contribution in [2.45, 2.75) is 27.5 Å². The van der Waals surface area contributed by atoms with Crippen LogP contribution >= 0.6 is 11.8 Å². The third kappa shape index (κ3) is 2.50. The van der Waals surface area contributed by atoms with Crippen LogP contribution in [0.4, 0.5) is 0 Å². The Bertz CT molecular complexity index is 844. The van der Waals surface area contributed by atoms with Crippen molar-refractivity contribution < 1.29 is 13.2 Å². The van der Waals surface area contributed by atoms with Gasteiger partial charge in [-0.2, -0.15) is 0 Å². The first-order chi connectivity index (χ1) is 9.88. The summed E-state index contributed by atoms with van der Waals surface area (Å²) in [5.41, 5.74) is 1.62. The highest BCUT2D eigenvalue weighted by Gasteiger charge is 2.30. The minimum absolute atomic E-state index is 0.0180. The molecule has 21 heavy (non-hydrogen) atoms. The van der Waals surface area contributed by atoms with Crippen LogP contribution < -0.4 is 5.14 Å². The fourth-order valence-electron chi connectivity index (χ4n) is 2.56. The third-order valence-electron chi connectivity index (χ3n) is 3.48. The van der Waals surface area contributed by atoms with E-state index in [9.17, 15) is 13.2 Å². The maximum atomic E-state index is 12.1. The average molecular weight is 319 g/mol. The van der Waals surface area contributed by atoms with E-state index in [0.29, 0.717) is 5.56 Å². The van der Waals surface area contributed by atoms with Crippen LogP contribution in [0.2, 0.25) is 0 Å². The molecule has 2 N–H and O–H groups in total. The lowest BCUT2D eigenvalue weighted by Gasteiger charge is -2.26. The number of sulfonamides is 1. The standard InChI is InChI=1S/C15H13NO3S2/c1-9(17)15-11-4-2-3-5-13(11)20-14-7-6-10(8-12(14)15)21(16,18)19/h2-8,15H,1H3,(H2,16,18,19). The second-order valence-electron chi connectivity index (χ2n) is 4.93. The van der Waals surface area contributed by atoms with Gasteiger partial charge in [0.1, 0.15) is 5.78 Å². The topological polar surface area (TPSA) is 77.2 Å². The lowest BCUT2D eigenvalue weighted by molar-refractivity contribution is -0.117. The van der Waals surface area contributed by atoms with E-state index in [0.717, 1.165) is 15.4 Å². The highest BCUT2D eigenvalue weighted by Crippen LogP contribution is 2.46. The first-order valence-electron chi connectivity index (χ1n) is 6.32.